The van der Waals surface area contributed by atoms with Crippen molar-refractivity contribution in [1.82, 2.24) is 14.8 Å². The smallest absolute Gasteiger partial charge is 0.191 e. The summed E-state index contributed by atoms with van der Waals surface area (Å²) in [5.41, 5.74) is 2.44. The minimum absolute atomic E-state index is 0.125. The van der Waals surface area contributed by atoms with Crippen LogP contribution in [0.4, 0.5) is 0 Å². The lowest BCUT2D eigenvalue weighted by atomic mass is 9.87. The van der Waals surface area contributed by atoms with Crippen LogP contribution in [0.5, 0.6) is 0 Å². The van der Waals surface area contributed by atoms with Gasteiger partial charge in [0.15, 0.2) is 16.8 Å². The maximum atomic E-state index is 12.3. The predicted octanol–water partition coefficient (Wildman–Crippen LogP) is 5.12. The van der Waals surface area contributed by atoms with E-state index in [1.807, 2.05) is 30.7 Å². The van der Waals surface area contributed by atoms with Crippen LogP contribution in [-0.4, -0.2) is 26.3 Å². The summed E-state index contributed by atoms with van der Waals surface area (Å²) in [4.78, 5) is 14.2. The molecule has 4 nitrogen and oxygen atoms in total. The van der Waals surface area contributed by atoms with Crippen LogP contribution in [0.3, 0.4) is 0 Å². The second-order valence-electron chi connectivity index (χ2n) is 7.31. The molecule has 1 aromatic carbocycles. The molecule has 0 spiro atoms. The van der Waals surface area contributed by atoms with Gasteiger partial charge in [0.05, 0.1) is 10.6 Å². The van der Waals surface area contributed by atoms with Gasteiger partial charge in [-0.1, -0.05) is 56.8 Å². The molecule has 2 heterocycles. The number of benzene rings is 1. The van der Waals surface area contributed by atoms with Crippen LogP contribution in [0.2, 0.25) is 0 Å². The van der Waals surface area contributed by atoms with Crippen LogP contribution in [0.15, 0.2) is 41.6 Å². The number of ketones is 1. The summed E-state index contributed by atoms with van der Waals surface area (Å²) >= 11 is 2.96. The number of nitrogens with zero attached hydrogens (tertiary/aromatic N) is 3. The molecule has 2 aromatic heterocycles. The van der Waals surface area contributed by atoms with Crippen molar-refractivity contribution in [3.05, 3.63) is 51.7 Å². The number of rotatable bonds is 5. The molecule has 3 rings (SSSR count). The van der Waals surface area contributed by atoms with Gasteiger partial charge in [0, 0.05) is 17.5 Å². The molecule has 0 saturated carbocycles. The number of carbonyl (C=O) groups is 1. The number of Topliss-reactive ketones (excluding diaryl/α,β-unsaturated/α-hetero) is 1. The minimum Gasteiger partial charge on any atom is -0.305 e. The second-order valence-corrected chi connectivity index (χ2v) is 9.55. The van der Waals surface area contributed by atoms with E-state index < -0.39 is 0 Å². The van der Waals surface area contributed by atoms with Gasteiger partial charge in [-0.25, -0.2) is 0 Å². The Kier molecular flexibility index (Phi) is 5.34. The van der Waals surface area contributed by atoms with Crippen molar-refractivity contribution in [2.75, 3.05) is 5.75 Å². The van der Waals surface area contributed by atoms with Crippen molar-refractivity contribution in [2.45, 2.75) is 38.3 Å². The summed E-state index contributed by atoms with van der Waals surface area (Å²) in [6.07, 6.45) is 0. The fraction of sp³-hybridized carbons (Fsp3) is 0.350. The molecule has 0 aliphatic carbocycles. The van der Waals surface area contributed by atoms with Crippen molar-refractivity contribution in [3.63, 3.8) is 0 Å². The van der Waals surface area contributed by atoms with Crippen molar-refractivity contribution >= 4 is 28.9 Å². The Balaban J connectivity index is 1.72. The van der Waals surface area contributed by atoms with Gasteiger partial charge in [-0.05, 0) is 30.0 Å². The van der Waals surface area contributed by atoms with E-state index in [1.165, 1.54) is 28.7 Å². The summed E-state index contributed by atoms with van der Waals surface area (Å²) in [5, 5.41) is 9.33. The first-order valence-corrected chi connectivity index (χ1v) is 10.3. The monoisotopic (exact) mass is 385 g/mol. The summed E-state index contributed by atoms with van der Waals surface area (Å²) in [7, 11) is 1.94. The quantitative estimate of drug-likeness (QED) is 0.451. The number of thioether (sulfide) groups is 1. The van der Waals surface area contributed by atoms with Crippen LogP contribution < -0.4 is 0 Å². The second kappa shape index (κ2) is 7.37. The molecule has 0 aliphatic heterocycles. The van der Waals surface area contributed by atoms with Crippen LogP contribution in [0, 0.1) is 6.92 Å². The van der Waals surface area contributed by atoms with Crippen molar-refractivity contribution in [2.24, 2.45) is 7.05 Å². The third-order valence-electron chi connectivity index (χ3n) is 4.19. The number of aryl methyl sites for hydroxylation is 1. The lowest BCUT2D eigenvalue weighted by molar-refractivity contribution is 0.102. The lowest BCUT2D eigenvalue weighted by Crippen LogP contribution is -2.10. The fourth-order valence-corrected chi connectivity index (χ4v) is 4.29. The zero-order valence-electron chi connectivity index (χ0n) is 15.7. The molecule has 26 heavy (non-hydrogen) atoms. The minimum atomic E-state index is 0.125. The maximum absolute atomic E-state index is 12.3. The van der Waals surface area contributed by atoms with E-state index in [2.05, 4.69) is 55.2 Å². The van der Waals surface area contributed by atoms with Crippen LogP contribution in [0.25, 0.3) is 11.4 Å². The Morgan fingerprint density at radius 2 is 1.81 bits per heavy atom. The van der Waals surface area contributed by atoms with Gasteiger partial charge in [-0.15, -0.1) is 21.5 Å². The van der Waals surface area contributed by atoms with Gasteiger partial charge in [0.25, 0.3) is 0 Å². The summed E-state index contributed by atoms with van der Waals surface area (Å²) in [6.45, 7) is 8.61. The number of hydrogen-bond donors (Lipinski definition) is 0. The molecule has 0 radical (unpaired) electrons. The van der Waals surface area contributed by atoms with E-state index in [9.17, 15) is 4.79 Å². The molecule has 0 saturated heterocycles. The van der Waals surface area contributed by atoms with Gasteiger partial charge >= 0.3 is 0 Å². The highest BCUT2D eigenvalue weighted by Crippen LogP contribution is 2.27. The van der Waals surface area contributed by atoms with Gasteiger partial charge in [0.1, 0.15) is 0 Å². The van der Waals surface area contributed by atoms with Crippen molar-refractivity contribution in [3.8, 4) is 11.4 Å². The average Bonchev–Trinajstić information content (AvgIpc) is 3.18. The largest absolute Gasteiger partial charge is 0.305 e. The first-order chi connectivity index (χ1) is 12.3. The van der Waals surface area contributed by atoms with E-state index in [-0.39, 0.29) is 11.2 Å². The maximum Gasteiger partial charge on any atom is 0.191 e. The Labute approximate surface area is 162 Å². The van der Waals surface area contributed by atoms with Gasteiger partial charge in [-0.2, -0.15) is 0 Å². The van der Waals surface area contributed by atoms with E-state index in [0.29, 0.717) is 5.75 Å². The summed E-state index contributed by atoms with van der Waals surface area (Å²) in [5.74, 6) is 1.31. The standard InChI is InChI=1S/C20H23N3OS2/c1-13-6-11-17(26-13)16(24)12-25-19-22-21-18(23(19)5)14-7-9-15(10-8-14)20(2,3)4/h6-11H,12H2,1-5H3. The van der Waals surface area contributed by atoms with Crippen LogP contribution >= 0.6 is 23.1 Å². The highest BCUT2D eigenvalue weighted by Gasteiger charge is 2.16. The molecule has 0 unspecified atom stereocenters. The van der Waals surface area contributed by atoms with E-state index in [1.54, 1.807) is 0 Å². The van der Waals surface area contributed by atoms with Crippen molar-refractivity contribution < 1.29 is 4.79 Å². The number of thiophene rings is 1. The molecular formula is C20H23N3OS2. The number of hydrogen-bond acceptors (Lipinski definition) is 5. The van der Waals surface area contributed by atoms with Gasteiger partial charge in [0.2, 0.25) is 0 Å². The molecule has 136 valence electrons. The molecule has 0 atom stereocenters. The Hall–Kier alpha value is -1.92. The highest BCUT2D eigenvalue weighted by molar-refractivity contribution is 7.99. The molecule has 0 amide bonds. The highest BCUT2D eigenvalue weighted by atomic mass is 32.2. The average molecular weight is 386 g/mol. The molecule has 0 aliphatic rings. The van der Waals surface area contributed by atoms with Crippen molar-refractivity contribution in [1.29, 1.82) is 0 Å². The third kappa shape index (κ3) is 4.07. The zero-order chi connectivity index (χ0) is 18.9. The van der Waals surface area contributed by atoms with Crippen LogP contribution in [0.1, 0.15) is 40.9 Å². The van der Waals surface area contributed by atoms with Gasteiger partial charge in [-0.3, -0.25) is 4.79 Å². The topological polar surface area (TPSA) is 47.8 Å². The third-order valence-corrected chi connectivity index (χ3v) is 6.25. The summed E-state index contributed by atoms with van der Waals surface area (Å²) < 4.78 is 1.95. The molecular weight excluding hydrogens is 362 g/mol. The zero-order valence-corrected chi connectivity index (χ0v) is 17.4. The van der Waals surface area contributed by atoms with E-state index in [0.717, 1.165) is 26.3 Å². The Bertz CT molecular complexity index is 917. The first kappa shape index (κ1) is 18.9. The van der Waals surface area contributed by atoms with Crippen LogP contribution in [-0.2, 0) is 12.5 Å². The van der Waals surface area contributed by atoms with Gasteiger partial charge < -0.3 is 4.57 Å². The molecule has 0 bridgehead atoms. The molecule has 0 N–H and O–H groups in total. The molecule has 0 fully saturated rings. The number of aromatic nitrogens is 3. The normalized spacial score (nSPS) is 11.7. The summed E-state index contributed by atoms with van der Waals surface area (Å²) in [6, 6.07) is 12.3. The molecule has 6 heteroatoms. The van der Waals surface area contributed by atoms with E-state index in [4.69, 9.17) is 0 Å². The fourth-order valence-electron chi connectivity index (χ4n) is 2.60. The SMILES string of the molecule is Cc1ccc(C(=O)CSc2nnc(-c3ccc(C(C)(C)C)cc3)n2C)s1. The predicted molar refractivity (Wildman–Crippen MR) is 109 cm³/mol. The Morgan fingerprint density at radius 1 is 1.12 bits per heavy atom. The number of carbonyl (C=O) groups excluding carboxylic acids is 1. The first-order valence-electron chi connectivity index (χ1n) is 8.48. The lowest BCUT2D eigenvalue weighted by Gasteiger charge is -2.19. The van der Waals surface area contributed by atoms with E-state index >= 15 is 0 Å². The molecule has 3 aromatic rings. The Morgan fingerprint density at radius 3 is 2.38 bits per heavy atom.